The number of nitrogens with two attached hydrogens (primary N) is 1. The van der Waals surface area contributed by atoms with Crippen LogP contribution in [0.25, 0.3) is 0 Å². The molecule has 1 atom stereocenters. The van der Waals surface area contributed by atoms with Gasteiger partial charge in [-0.05, 0) is 83.5 Å². The third kappa shape index (κ3) is 35.0. The molecule has 0 radical (unpaired) electrons. The standard InChI is InChI=1S/C39H74N2O4/c1-2-37(33-29-25-21-17-13-9-5-3-6-10-14-18-22-26-30-34-38(42)43)41(40)36-32-28-24-20-16-12-8-4-7-11-15-19-23-27-31-35-39(44)45/h3-4,6-7,37H,2,5,8-36,40H2,1H3,(H,42,43)(H,44,45)/b6-3-,7-4-. The number of hydrogen-bond donors (Lipinski definition) is 3. The highest BCUT2D eigenvalue weighted by Crippen LogP contribution is 2.16. The Morgan fingerprint density at radius 1 is 0.511 bits per heavy atom. The average Bonchev–Trinajstić information content (AvgIpc) is 3.01. The molecule has 0 amide bonds. The van der Waals surface area contributed by atoms with Crippen LogP contribution >= 0.6 is 0 Å². The number of unbranched alkanes of at least 4 members (excludes halogenated alkanes) is 22. The minimum absolute atomic E-state index is 0.316. The Balaban J connectivity index is 3.47. The lowest BCUT2D eigenvalue weighted by atomic mass is 10.0. The summed E-state index contributed by atoms with van der Waals surface area (Å²) in [7, 11) is 0. The Morgan fingerprint density at radius 3 is 1.18 bits per heavy atom. The predicted octanol–water partition coefficient (Wildman–Crippen LogP) is 11.5. The largest absolute Gasteiger partial charge is 0.481 e. The van der Waals surface area contributed by atoms with Gasteiger partial charge < -0.3 is 10.2 Å². The van der Waals surface area contributed by atoms with Gasteiger partial charge >= 0.3 is 11.9 Å². The van der Waals surface area contributed by atoms with E-state index in [-0.39, 0.29) is 0 Å². The van der Waals surface area contributed by atoms with Crippen molar-refractivity contribution in [2.24, 2.45) is 5.84 Å². The van der Waals surface area contributed by atoms with Crippen molar-refractivity contribution in [1.82, 2.24) is 5.01 Å². The molecule has 0 aromatic rings. The minimum Gasteiger partial charge on any atom is -0.481 e. The molecule has 0 aliphatic heterocycles. The Hall–Kier alpha value is -1.66. The van der Waals surface area contributed by atoms with Crippen LogP contribution in [0.3, 0.4) is 0 Å². The molecule has 6 nitrogen and oxygen atoms in total. The van der Waals surface area contributed by atoms with Gasteiger partial charge in [0.15, 0.2) is 0 Å². The van der Waals surface area contributed by atoms with Gasteiger partial charge in [-0.1, -0.05) is 128 Å². The third-order valence-electron chi connectivity index (χ3n) is 8.99. The maximum Gasteiger partial charge on any atom is 0.303 e. The zero-order valence-electron chi connectivity index (χ0n) is 29.5. The van der Waals surface area contributed by atoms with Crippen LogP contribution in [0, 0.1) is 0 Å². The molecule has 0 rings (SSSR count). The van der Waals surface area contributed by atoms with Crippen molar-refractivity contribution in [2.45, 2.75) is 206 Å². The molecule has 0 heterocycles. The summed E-state index contributed by atoms with van der Waals surface area (Å²) in [5.41, 5.74) is 0. The normalized spacial score (nSPS) is 12.6. The molecule has 4 N–H and O–H groups in total. The quantitative estimate of drug-likeness (QED) is 0.0274. The molecule has 0 bridgehead atoms. The second-order valence-corrected chi connectivity index (χ2v) is 13.3. The van der Waals surface area contributed by atoms with E-state index in [9.17, 15) is 9.59 Å². The van der Waals surface area contributed by atoms with Crippen LogP contribution in [0.4, 0.5) is 0 Å². The Morgan fingerprint density at radius 2 is 0.822 bits per heavy atom. The summed E-state index contributed by atoms with van der Waals surface area (Å²) in [6.45, 7) is 3.31. The fourth-order valence-corrected chi connectivity index (χ4v) is 6.01. The van der Waals surface area contributed by atoms with Crippen LogP contribution in [-0.2, 0) is 9.59 Å². The number of hydrazine groups is 1. The lowest BCUT2D eigenvalue weighted by Gasteiger charge is -2.26. The topological polar surface area (TPSA) is 104 Å². The molecule has 0 saturated heterocycles. The van der Waals surface area contributed by atoms with E-state index in [1.54, 1.807) is 0 Å². The monoisotopic (exact) mass is 635 g/mol. The van der Waals surface area contributed by atoms with Crippen molar-refractivity contribution >= 4 is 11.9 Å². The molecular formula is C39H74N2O4. The molecule has 0 saturated carbocycles. The number of aliphatic carboxylic acids is 2. The first-order chi connectivity index (χ1) is 22.0. The maximum atomic E-state index is 10.5. The average molecular weight is 635 g/mol. The van der Waals surface area contributed by atoms with Crippen molar-refractivity contribution in [3.8, 4) is 0 Å². The van der Waals surface area contributed by atoms with E-state index >= 15 is 0 Å². The van der Waals surface area contributed by atoms with Gasteiger partial charge in [0.1, 0.15) is 0 Å². The molecule has 0 aliphatic carbocycles. The lowest BCUT2D eigenvalue weighted by Crippen LogP contribution is -2.41. The Bertz CT molecular complexity index is 709. The van der Waals surface area contributed by atoms with Crippen molar-refractivity contribution in [3.05, 3.63) is 24.3 Å². The third-order valence-corrected chi connectivity index (χ3v) is 8.99. The van der Waals surface area contributed by atoms with Crippen molar-refractivity contribution in [3.63, 3.8) is 0 Å². The second kappa shape index (κ2) is 35.2. The number of allylic oxidation sites excluding steroid dienone is 4. The van der Waals surface area contributed by atoms with E-state index in [1.807, 2.05) is 0 Å². The number of hydrogen-bond acceptors (Lipinski definition) is 4. The summed E-state index contributed by atoms with van der Waals surface area (Å²) in [4.78, 5) is 21.0. The van der Waals surface area contributed by atoms with E-state index < -0.39 is 11.9 Å². The molecule has 6 heteroatoms. The zero-order chi connectivity index (χ0) is 33.1. The first-order valence-electron chi connectivity index (χ1n) is 19.2. The van der Waals surface area contributed by atoms with Crippen molar-refractivity contribution in [1.29, 1.82) is 0 Å². The summed E-state index contributed by atoms with van der Waals surface area (Å²) in [6.07, 6.45) is 43.8. The molecule has 264 valence electrons. The molecule has 0 fully saturated rings. The number of carboxylic acids is 2. The van der Waals surface area contributed by atoms with Gasteiger partial charge in [0.05, 0.1) is 0 Å². The van der Waals surface area contributed by atoms with Crippen LogP contribution in [-0.4, -0.2) is 39.7 Å². The second-order valence-electron chi connectivity index (χ2n) is 13.3. The fourth-order valence-electron chi connectivity index (χ4n) is 6.01. The highest BCUT2D eigenvalue weighted by Gasteiger charge is 2.12. The van der Waals surface area contributed by atoms with Crippen LogP contribution in [0.2, 0.25) is 0 Å². The Labute approximate surface area is 278 Å². The van der Waals surface area contributed by atoms with Gasteiger partial charge in [-0.2, -0.15) is 0 Å². The van der Waals surface area contributed by atoms with Crippen molar-refractivity contribution < 1.29 is 19.8 Å². The molecule has 0 aromatic carbocycles. The van der Waals surface area contributed by atoms with Crippen LogP contribution in [0.15, 0.2) is 24.3 Å². The fraction of sp³-hybridized carbons (Fsp3) is 0.846. The van der Waals surface area contributed by atoms with Crippen LogP contribution < -0.4 is 5.84 Å². The van der Waals surface area contributed by atoms with Gasteiger partial charge in [-0.25, -0.2) is 5.01 Å². The lowest BCUT2D eigenvalue weighted by molar-refractivity contribution is -0.138. The zero-order valence-corrected chi connectivity index (χ0v) is 29.5. The highest BCUT2D eigenvalue weighted by molar-refractivity contribution is 5.66. The predicted molar refractivity (Wildman–Crippen MR) is 192 cm³/mol. The number of nitrogens with zero attached hydrogens (tertiary/aromatic N) is 1. The number of carbonyl (C=O) groups is 2. The summed E-state index contributed by atoms with van der Waals surface area (Å²) >= 11 is 0. The summed E-state index contributed by atoms with van der Waals surface area (Å²) < 4.78 is 0. The molecular weight excluding hydrogens is 560 g/mol. The maximum absolute atomic E-state index is 10.5. The van der Waals surface area contributed by atoms with E-state index in [1.165, 1.54) is 122 Å². The smallest absolute Gasteiger partial charge is 0.303 e. The Kier molecular flexibility index (Phi) is 33.9. The minimum atomic E-state index is -0.673. The SMILES string of the molecule is CCC(CCCCCCCC/C=C\CCCCCCCC(=O)O)N(N)CCCCCCCC/C=C\CCCCCCCC(=O)O. The van der Waals surface area contributed by atoms with Crippen LogP contribution in [0.1, 0.15) is 200 Å². The molecule has 0 spiro atoms. The van der Waals surface area contributed by atoms with E-state index in [4.69, 9.17) is 16.1 Å². The number of carboxylic acid groups (broad SMARTS) is 2. The highest BCUT2D eigenvalue weighted by atomic mass is 16.4. The van der Waals surface area contributed by atoms with Gasteiger partial charge in [0.25, 0.3) is 0 Å². The van der Waals surface area contributed by atoms with Gasteiger partial charge in [0, 0.05) is 25.4 Å². The summed E-state index contributed by atoms with van der Waals surface area (Å²) in [5.74, 6) is 5.11. The molecule has 0 aliphatic rings. The molecule has 0 aromatic heterocycles. The van der Waals surface area contributed by atoms with Gasteiger partial charge in [-0.3, -0.25) is 15.4 Å². The molecule has 45 heavy (non-hydrogen) atoms. The van der Waals surface area contributed by atoms with Crippen molar-refractivity contribution in [2.75, 3.05) is 6.54 Å². The van der Waals surface area contributed by atoms with E-state index in [2.05, 4.69) is 36.2 Å². The van der Waals surface area contributed by atoms with Crippen LogP contribution in [0.5, 0.6) is 0 Å². The van der Waals surface area contributed by atoms with Gasteiger partial charge in [-0.15, -0.1) is 0 Å². The summed E-state index contributed by atoms with van der Waals surface area (Å²) in [6, 6.07) is 0.531. The van der Waals surface area contributed by atoms with Gasteiger partial charge in [0.2, 0.25) is 0 Å². The first kappa shape index (κ1) is 43.3. The molecule has 1 unspecified atom stereocenters. The first-order valence-corrected chi connectivity index (χ1v) is 19.2. The van der Waals surface area contributed by atoms with E-state index in [0.717, 1.165) is 64.3 Å². The number of rotatable bonds is 36. The van der Waals surface area contributed by atoms with E-state index in [0.29, 0.717) is 18.9 Å². The summed E-state index contributed by atoms with van der Waals surface area (Å²) in [5, 5.41) is 19.4.